The van der Waals surface area contributed by atoms with Crippen LogP contribution in [0.15, 0.2) is 24.3 Å². The lowest BCUT2D eigenvalue weighted by atomic mass is 10.0. The van der Waals surface area contributed by atoms with E-state index in [1.165, 1.54) is 24.0 Å². The molecule has 6 N–H and O–H groups in total. The highest BCUT2D eigenvalue weighted by Gasteiger charge is 2.39. The van der Waals surface area contributed by atoms with Crippen molar-refractivity contribution in [2.24, 2.45) is 11.7 Å². The maximum atomic E-state index is 13.2. The standard InChI is InChI=1S/C23H34N4O6/c1-13(2)11-17(25-20(29)14(3)24)22(31)27-10-4-5-19(27)21(30)26-18(23(32)33)12-15-6-8-16(28)9-7-15/h6-9,13-14,17-19,28H,4-5,10-12,24H2,1-3H3,(H,25,29)(H,26,30)(H,32,33). The summed E-state index contributed by atoms with van der Waals surface area (Å²) in [5.74, 6) is -2.40. The number of carboxylic acids is 1. The summed E-state index contributed by atoms with van der Waals surface area (Å²) in [5, 5.41) is 24.2. The second-order valence-electron chi connectivity index (χ2n) is 8.94. The molecule has 2 rings (SSSR count). The van der Waals surface area contributed by atoms with Crippen LogP contribution in [0.4, 0.5) is 0 Å². The van der Waals surface area contributed by atoms with Crippen LogP contribution in [-0.4, -0.2) is 69.5 Å². The van der Waals surface area contributed by atoms with Gasteiger partial charge in [0.2, 0.25) is 17.7 Å². The molecule has 10 nitrogen and oxygen atoms in total. The molecule has 1 aliphatic heterocycles. The van der Waals surface area contributed by atoms with Crippen molar-refractivity contribution in [3.05, 3.63) is 29.8 Å². The Bertz CT molecular complexity index is 855. The van der Waals surface area contributed by atoms with Gasteiger partial charge in [-0.25, -0.2) is 4.79 Å². The number of hydrogen-bond acceptors (Lipinski definition) is 6. The van der Waals surface area contributed by atoms with Crippen LogP contribution in [0.25, 0.3) is 0 Å². The van der Waals surface area contributed by atoms with Gasteiger partial charge < -0.3 is 31.5 Å². The first-order valence-corrected chi connectivity index (χ1v) is 11.2. The zero-order valence-electron chi connectivity index (χ0n) is 19.3. The van der Waals surface area contributed by atoms with E-state index < -0.39 is 42.0 Å². The second-order valence-corrected chi connectivity index (χ2v) is 8.94. The number of phenols is 1. The van der Waals surface area contributed by atoms with E-state index in [1.807, 2.05) is 13.8 Å². The molecule has 1 fully saturated rings. The van der Waals surface area contributed by atoms with Gasteiger partial charge in [-0.3, -0.25) is 14.4 Å². The van der Waals surface area contributed by atoms with E-state index >= 15 is 0 Å². The number of carboxylic acid groups (broad SMARTS) is 1. The van der Waals surface area contributed by atoms with E-state index in [4.69, 9.17) is 5.73 Å². The Labute approximate surface area is 193 Å². The normalized spacial score (nSPS) is 18.5. The van der Waals surface area contributed by atoms with E-state index in [2.05, 4.69) is 10.6 Å². The Morgan fingerprint density at radius 1 is 1.09 bits per heavy atom. The molecule has 1 aromatic rings. The highest BCUT2D eigenvalue weighted by molar-refractivity contribution is 5.94. The Kier molecular flexibility index (Phi) is 9.22. The lowest BCUT2D eigenvalue weighted by molar-refractivity contribution is -0.145. The van der Waals surface area contributed by atoms with Crippen molar-refractivity contribution in [2.75, 3.05) is 6.54 Å². The van der Waals surface area contributed by atoms with E-state index in [9.17, 15) is 29.4 Å². The van der Waals surface area contributed by atoms with Crippen molar-refractivity contribution in [1.29, 1.82) is 0 Å². The van der Waals surface area contributed by atoms with E-state index in [0.717, 1.165) is 0 Å². The van der Waals surface area contributed by atoms with Gasteiger partial charge in [0.15, 0.2) is 0 Å². The van der Waals surface area contributed by atoms with Crippen LogP contribution in [0.3, 0.4) is 0 Å². The highest BCUT2D eigenvalue weighted by atomic mass is 16.4. The Morgan fingerprint density at radius 3 is 2.27 bits per heavy atom. The van der Waals surface area contributed by atoms with Gasteiger partial charge >= 0.3 is 5.97 Å². The van der Waals surface area contributed by atoms with E-state index in [1.54, 1.807) is 12.1 Å². The minimum absolute atomic E-state index is 0.0302. The molecule has 0 spiro atoms. The van der Waals surface area contributed by atoms with Gasteiger partial charge in [0.25, 0.3) is 0 Å². The molecule has 1 aromatic carbocycles. The Balaban J connectivity index is 2.12. The number of aliphatic carboxylic acids is 1. The first kappa shape index (κ1) is 26.1. The van der Waals surface area contributed by atoms with Crippen molar-refractivity contribution in [3.8, 4) is 5.75 Å². The average Bonchev–Trinajstić information content (AvgIpc) is 3.23. The number of nitrogens with two attached hydrogens (primary N) is 1. The first-order chi connectivity index (χ1) is 15.5. The summed E-state index contributed by atoms with van der Waals surface area (Å²) in [4.78, 5) is 51.5. The van der Waals surface area contributed by atoms with Crippen LogP contribution >= 0.6 is 0 Å². The second kappa shape index (κ2) is 11.6. The molecule has 4 unspecified atom stereocenters. The number of rotatable bonds is 10. The van der Waals surface area contributed by atoms with Crippen LogP contribution < -0.4 is 16.4 Å². The SMILES string of the molecule is CC(C)CC(NC(=O)C(C)N)C(=O)N1CCCC1C(=O)NC(Cc1ccc(O)cc1)C(=O)O. The fraction of sp³-hybridized carbons (Fsp3) is 0.565. The molecule has 0 radical (unpaired) electrons. The van der Waals surface area contributed by atoms with Crippen molar-refractivity contribution in [3.63, 3.8) is 0 Å². The summed E-state index contributed by atoms with van der Waals surface area (Å²) in [7, 11) is 0. The molecular formula is C23H34N4O6. The Hall–Kier alpha value is -3.14. The molecule has 0 aliphatic carbocycles. The molecule has 10 heteroatoms. The minimum Gasteiger partial charge on any atom is -0.508 e. The number of hydrogen-bond donors (Lipinski definition) is 5. The summed E-state index contributed by atoms with van der Waals surface area (Å²) >= 11 is 0. The molecule has 0 aromatic heterocycles. The summed E-state index contributed by atoms with van der Waals surface area (Å²) in [5.41, 5.74) is 6.26. The van der Waals surface area contributed by atoms with Crippen LogP contribution in [0, 0.1) is 5.92 Å². The molecule has 0 saturated carbocycles. The molecule has 33 heavy (non-hydrogen) atoms. The number of amides is 3. The summed E-state index contributed by atoms with van der Waals surface area (Å²) in [6.07, 6.45) is 1.41. The molecule has 1 aliphatic rings. The molecular weight excluding hydrogens is 428 g/mol. The number of carbonyl (C=O) groups is 4. The van der Waals surface area contributed by atoms with Gasteiger partial charge in [0, 0.05) is 13.0 Å². The van der Waals surface area contributed by atoms with Gasteiger partial charge in [-0.15, -0.1) is 0 Å². The molecule has 1 saturated heterocycles. The van der Waals surface area contributed by atoms with Crippen molar-refractivity contribution >= 4 is 23.7 Å². The number of nitrogens with one attached hydrogen (secondary N) is 2. The Morgan fingerprint density at radius 2 is 1.73 bits per heavy atom. The largest absolute Gasteiger partial charge is 0.508 e. The summed E-state index contributed by atoms with van der Waals surface area (Å²) < 4.78 is 0. The maximum absolute atomic E-state index is 13.2. The number of benzene rings is 1. The number of phenolic OH excluding ortho intramolecular Hbond substituents is 1. The number of carbonyl (C=O) groups excluding carboxylic acids is 3. The average molecular weight is 463 g/mol. The van der Waals surface area contributed by atoms with E-state index in [0.29, 0.717) is 31.4 Å². The van der Waals surface area contributed by atoms with Gasteiger partial charge in [-0.05, 0) is 49.8 Å². The third-order valence-corrected chi connectivity index (χ3v) is 5.56. The topological polar surface area (TPSA) is 162 Å². The molecule has 0 bridgehead atoms. The summed E-state index contributed by atoms with van der Waals surface area (Å²) in [6, 6.07) is 2.45. The lowest BCUT2D eigenvalue weighted by Gasteiger charge is -2.30. The maximum Gasteiger partial charge on any atom is 0.326 e. The zero-order chi connectivity index (χ0) is 24.7. The van der Waals surface area contributed by atoms with Crippen molar-refractivity contribution < 1.29 is 29.4 Å². The van der Waals surface area contributed by atoms with Crippen molar-refractivity contribution in [1.82, 2.24) is 15.5 Å². The number of nitrogens with zero attached hydrogens (tertiary/aromatic N) is 1. The lowest BCUT2D eigenvalue weighted by Crippen LogP contribution is -2.57. The predicted molar refractivity (Wildman–Crippen MR) is 121 cm³/mol. The van der Waals surface area contributed by atoms with Crippen LogP contribution in [0.2, 0.25) is 0 Å². The molecule has 4 atom stereocenters. The fourth-order valence-corrected chi connectivity index (χ4v) is 3.84. The van der Waals surface area contributed by atoms with E-state index in [-0.39, 0.29) is 24.0 Å². The molecule has 182 valence electrons. The van der Waals surface area contributed by atoms with Crippen LogP contribution in [0.5, 0.6) is 5.75 Å². The van der Waals surface area contributed by atoms with Gasteiger partial charge in [0.1, 0.15) is 23.9 Å². The third-order valence-electron chi connectivity index (χ3n) is 5.56. The van der Waals surface area contributed by atoms with Gasteiger partial charge in [-0.1, -0.05) is 26.0 Å². The number of likely N-dealkylation sites (tertiary alicyclic amines) is 1. The van der Waals surface area contributed by atoms with Gasteiger partial charge in [-0.2, -0.15) is 0 Å². The highest BCUT2D eigenvalue weighted by Crippen LogP contribution is 2.21. The monoisotopic (exact) mass is 462 g/mol. The molecule has 1 heterocycles. The molecule has 3 amide bonds. The smallest absolute Gasteiger partial charge is 0.326 e. The van der Waals surface area contributed by atoms with Crippen molar-refractivity contribution in [2.45, 2.75) is 70.6 Å². The van der Waals surface area contributed by atoms with Crippen LogP contribution in [-0.2, 0) is 25.6 Å². The third kappa shape index (κ3) is 7.45. The minimum atomic E-state index is -1.20. The fourth-order valence-electron chi connectivity index (χ4n) is 3.84. The number of aromatic hydroxyl groups is 1. The van der Waals surface area contributed by atoms with Gasteiger partial charge in [0.05, 0.1) is 6.04 Å². The summed E-state index contributed by atoms with van der Waals surface area (Å²) in [6.45, 7) is 5.72. The quantitative estimate of drug-likeness (QED) is 0.335. The zero-order valence-corrected chi connectivity index (χ0v) is 19.3. The predicted octanol–water partition coefficient (Wildman–Crippen LogP) is 0.373. The van der Waals surface area contributed by atoms with Crippen LogP contribution in [0.1, 0.15) is 45.6 Å². The first-order valence-electron chi connectivity index (χ1n) is 11.2.